The number of ether oxygens (including phenoxy) is 2. The van der Waals surface area contributed by atoms with Crippen molar-refractivity contribution >= 4 is 34.5 Å². The van der Waals surface area contributed by atoms with Crippen molar-refractivity contribution in [3.63, 3.8) is 0 Å². The first-order valence-electron chi connectivity index (χ1n) is 24.3. The van der Waals surface area contributed by atoms with Crippen LogP contribution < -0.4 is 25.4 Å². The highest BCUT2D eigenvalue weighted by Gasteiger charge is 2.54. The van der Waals surface area contributed by atoms with Crippen molar-refractivity contribution < 1.29 is 59.3 Å². The van der Waals surface area contributed by atoms with Crippen molar-refractivity contribution in [1.29, 1.82) is 0 Å². The molecule has 2 saturated carbocycles. The third kappa shape index (κ3) is 12.2. The Hall–Kier alpha value is -8.16. The monoisotopic (exact) mass is 1050 g/mol. The molecule has 396 valence electrons. The van der Waals surface area contributed by atoms with Crippen LogP contribution >= 0.6 is 0 Å². The highest BCUT2D eigenvalue weighted by molar-refractivity contribution is 5.97. The number of aromatic carboxylic acids is 1. The summed E-state index contributed by atoms with van der Waals surface area (Å²) in [4.78, 5) is 33.3. The van der Waals surface area contributed by atoms with E-state index in [9.17, 15) is 49.8 Å². The SMILES string of the molecule is Cc1ccc(F)cc1Oc1cc(NCCC(F)(F)F)c2ncc(-c3ccc(C(=O)NC4(C5CC5)CC4)c(C)c3)n2c1.Cc1ccc(F)cc1Oc1cc(NCCC(F)(F)F)c2ncc(-c3ccc(C(=O)O)c(C)c3)n2c1. The Kier molecular flexibility index (Phi) is 14.5. The summed E-state index contributed by atoms with van der Waals surface area (Å²) in [6, 6.07) is 21.6. The topological polar surface area (TPSA) is 144 Å². The van der Waals surface area contributed by atoms with Gasteiger partial charge in [0.2, 0.25) is 0 Å². The Morgan fingerprint density at radius 3 is 1.47 bits per heavy atom. The molecule has 1 amide bonds. The van der Waals surface area contributed by atoms with Gasteiger partial charge in [-0.1, -0.05) is 24.3 Å². The van der Waals surface area contributed by atoms with Crippen LogP contribution in [0.1, 0.15) is 81.5 Å². The van der Waals surface area contributed by atoms with Crippen LogP contribution in [-0.4, -0.2) is 66.7 Å². The van der Waals surface area contributed by atoms with Crippen LogP contribution in [0.25, 0.3) is 33.8 Å². The van der Waals surface area contributed by atoms with Crippen molar-refractivity contribution in [2.45, 2.75) is 84.1 Å². The highest BCUT2D eigenvalue weighted by atomic mass is 19.4. The van der Waals surface area contributed by atoms with E-state index in [0.29, 0.717) is 73.5 Å². The first kappa shape index (κ1) is 52.7. The van der Waals surface area contributed by atoms with Crippen molar-refractivity contribution in [2.75, 3.05) is 23.7 Å². The highest BCUT2D eigenvalue weighted by Crippen LogP contribution is 2.54. The zero-order valence-corrected chi connectivity index (χ0v) is 41.5. The minimum absolute atomic E-state index is 0.0320. The molecule has 2 aliphatic rings. The van der Waals surface area contributed by atoms with E-state index in [1.807, 2.05) is 19.1 Å². The number of aromatic nitrogens is 4. The molecule has 4 N–H and O–H groups in total. The van der Waals surface area contributed by atoms with E-state index in [0.717, 1.165) is 24.0 Å². The number of hydrogen-bond acceptors (Lipinski definition) is 8. The van der Waals surface area contributed by atoms with E-state index in [-0.39, 0.29) is 47.3 Å². The van der Waals surface area contributed by atoms with Crippen molar-refractivity contribution in [3.05, 3.63) is 155 Å². The van der Waals surface area contributed by atoms with Crippen LogP contribution in [0.2, 0.25) is 0 Å². The van der Waals surface area contributed by atoms with Gasteiger partial charge in [-0.15, -0.1) is 0 Å². The summed E-state index contributed by atoms with van der Waals surface area (Å²) in [6.07, 6.45) is 0.106. The molecule has 0 atom stereocenters. The third-order valence-electron chi connectivity index (χ3n) is 13.4. The summed E-state index contributed by atoms with van der Waals surface area (Å²) in [5, 5.41) is 18.2. The molecule has 20 heteroatoms. The molecule has 0 spiro atoms. The second kappa shape index (κ2) is 20.9. The second-order valence-electron chi connectivity index (χ2n) is 19.2. The van der Waals surface area contributed by atoms with Gasteiger partial charge in [0.05, 0.1) is 66.0 Å². The van der Waals surface area contributed by atoms with Crippen LogP contribution in [0.5, 0.6) is 23.0 Å². The van der Waals surface area contributed by atoms with Crippen molar-refractivity contribution in [2.24, 2.45) is 5.92 Å². The number of pyridine rings is 2. The quantitative estimate of drug-likeness (QED) is 0.0696. The zero-order valence-electron chi connectivity index (χ0n) is 41.5. The number of benzene rings is 4. The predicted molar refractivity (Wildman–Crippen MR) is 271 cm³/mol. The summed E-state index contributed by atoms with van der Waals surface area (Å²) in [5.74, 6) is -0.405. The fourth-order valence-electron chi connectivity index (χ4n) is 9.06. The first-order valence-corrected chi connectivity index (χ1v) is 24.3. The normalized spacial score (nSPS) is 14.0. The number of amides is 1. The lowest BCUT2D eigenvalue weighted by Gasteiger charge is -2.18. The molecule has 76 heavy (non-hydrogen) atoms. The second-order valence-corrected chi connectivity index (χ2v) is 19.2. The molecule has 2 fully saturated rings. The molecule has 0 aliphatic heterocycles. The number of halogens is 8. The summed E-state index contributed by atoms with van der Waals surface area (Å²) in [7, 11) is 0. The van der Waals surface area contributed by atoms with Crippen LogP contribution in [0.15, 0.2) is 110 Å². The van der Waals surface area contributed by atoms with Gasteiger partial charge in [0.15, 0.2) is 11.3 Å². The maximum absolute atomic E-state index is 13.9. The number of rotatable bonds is 16. The van der Waals surface area contributed by atoms with Gasteiger partial charge in [0.25, 0.3) is 5.91 Å². The molecule has 0 saturated heterocycles. The maximum atomic E-state index is 13.9. The van der Waals surface area contributed by atoms with Gasteiger partial charge in [0.1, 0.15) is 34.6 Å². The molecular formula is C56H51F8N7O5. The number of aryl methyl sites for hydroxylation is 4. The molecule has 0 unspecified atom stereocenters. The van der Waals surface area contributed by atoms with Crippen LogP contribution in [0.3, 0.4) is 0 Å². The number of imidazole rings is 2. The van der Waals surface area contributed by atoms with E-state index in [1.165, 1.54) is 55.4 Å². The van der Waals surface area contributed by atoms with Gasteiger partial charge in [-0.05, 0) is 118 Å². The Morgan fingerprint density at radius 2 is 1.08 bits per heavy atom. The fourth-order valence-corrected chi connectivity index (χ4v) is 9.06. The minimum Gasteiger partial charge on any atom is -0.478 e. The van der Waals surface area contributed by atoms with E-state index in [1.54, 1.807) is 84.6 Å². The van der Waals surface area contributed by atoms with Gasteiger partial charge in [0, 0.05) is 59.6 Å². The average molecular weight is 1050 g/mol. The number of nitrogens with one attached hydrogen (secondary N) is 3. The Labute approximate surface area is 430 Å². The largest absolute Gasteiger partial charge is 0.478 e. The Bertz CT molecular complexity index is 3510. The van der Waals surface area contributed by atoms with Gasteiger partial charge in [-0.25, -0.2) is 23.5 Å². The summed E-state index contributed by atoms with van der Waals surface area (Å²) in [5.41, 5.74) is 7.49. The Balaban J connectivity index is 0.000000188. The first-order chi connectivity index (χ1) is 36.0. The smallest absolute Gasteiger partial charge is 0.390 e. The fraction of sp³-hybridized carbons (Fsp3) is 0.286. The molecule has 8 aromatic rings. The summed E-state index contributed by atoms with van der Waals surface area (Å²) >= 11 is 0. The number of carbonyl (C=O) groups is 2. The zero-order chi connectivity index (χ0) is 54.3. The average Bonchev–Trinajstić information content (AvgIpc) is 4.29. The van der Waals surface area contributed by atoms with Crippen LogP contribution in [0, 0.1) is 45.2 Å². The number of nitrogens with zero attached hydrogens (tertiary/aromatic N) is 4. The Morgan fingerprint density at radius 1 is 0.632 bits per heavy atom. The number of alkyl halides is 6. The molecule has 12 nitrogen and oxygen atoms in total. The minimum atomic E-state index is -4.33. The van der Waals surface area contributed by atoms with Gasteiger partial charge in [-0.3, -0.25) is 13.6 Å². The third-order valence-corrected chi connectivity index (χ3v) is 13.4. The maximum Gasteiger partial charge on any atom is 0.390 e. The van der Waals surface area contributed by atoms with Crippen LogP contribution in [-0.2, 0) is 0 Å². The van der Waals surface area contributed by atoms with E-state index < -0.39 is 42.8 Å². The summed E-state index contributed by atoms with van der Waals surface area (Å²) < 4.78 is 120. The summed E-state index contributed by atoms with van der Waals surface area (Å²) in [6.45, 7) is 6.33. The van der Waals surface area contributed by atoms with Gasteiger partial charge < -0.3 is 30.5 Å². The van der Waals surface area contributed by atoms with E-state index in [4.69, 9.17) is 9.47 Å². The number of fused-ring (bicyclic) bond motifs is 2. The van der Waals surface area contributed by atoms with Crippen LogP contribution in [0.4, 0.5) is 46.5 Å². The van der Waals surface area contributed by atoms with Gasteiger partial charge >= 0.3 is 18.3 Å². The van der Waals surface area contributed by atoms with Crippen molar-refractivity contribution in [3.8, 4) is 45.5 Å². The van der Waals surface area contributed by atoms with E-state index >= 15 is 0 Å². The molecule has 0 radical (unpaired) electrons. The van der Waals surface area contributed by atoms with Crippen molar-refractivity contribution in [1.82, 2.24) is 24.1 Å². The lowest BCUT2D eigenvalue weighted by molar-refractivity contribution is -0.132. The lowest BCUT2D eigenvalue weighted by Crippen LogP contribution is -2.38. The molecule has 4 heterocycles. The standard InChI is InChI=1S/C31H30F4N4O2.C25H21F4N3O3/c1-18-3-7-22(32)14-27(18)41-23-15-25(36-12-11-31(33,34)35)28-37-16-26(39(28)17-23)20-4-8-24(19(2)13-20)29(40)38-30(9-10-30)21-5-6-21;1-14-3-5-17(26)10-22(14)35-18-11-20(30-8-7-25(27,28)29)23-31-12-21(32(23)13-18)16-4-6-19(24(33)34)15(2)9-16/h3-4,7-8,13-17,21,36H,5-6,9-12H2,1-2H3,(H,38,40);3-6,9-13,30H,7-8H2,1-2H3,(H,33,34). The lowest BCUT2D eigenvalue weighted by atomic mass is 10.0. The van der Waals surface area contributed by atoms with E-state index in [2.05, 4.69) is 25.9 Å². The predicted octanol–water partition coefficient (Wildman–Crippen LogP) is 14.2. The number of carboxylic acids is 1. The molecule has 4 aromatic heterocycles. The van der Waals surface area contributed by atoms with Gasteiger partial charge in [-0.2, -0.15) is 26.3 Å². The molecule has 4 aromatic carbocycles. The molecule has 10 rings (SSSR count). The number of hydrogen-bond donors (Lipinski definition) is 4. The molecular weight excluding hydrogens is 1000 g/mol. The molecule has 2 aliphatic carbocycles. The number of anilines is 2. The molecule has 0 bridgehead atoms. The number of carboxylic acid groups (broad SMARTS) is 1. The number of carbonyl (C=O) groups excluding carboxylic acids is 1.